The summed E-state index contributed by atoms with van der Waals surface area (Å²) in [4.78, 5) is 24.6. The average Bonchev–Trinajstić information content (AvgIpc) is 3.17. The summed E-state index contributed by atoms with van der Waals surface area (Å²) in [7, 11) is 3.00. The van der Waals surface area contributed by atoms with Crippen molar-refractivity contribution in [3.8, 4) is 34.5 Å². The van der Waals surface area contributed by atoms with Crippen LogP contribution in [0.1, 0.15) is 60.2 Å². The summed E-state index contributed by atoms with van der Waals surface area (Å²) in [5.41, 5.74) is 0.0937. The molecule has 0 saturated carbocycles. The predicted molar refractivity (Wildman–Crippen MR) is 204 cm³/mol. The maximum absolute atomic E-state index is 12.3. The first-order valence-corrected chi connectivity index (χ1v) is 17.7. The number of methoxy groups -OCH3 is 2. The number of unbranched alkanes of at least 4 members (excludes halogenated alkanes) is 2. The summed E-state index contributed by atoms with van der Waals surface area (Å²) in [5, 5.41) is 29.1. The molecule has 52 heavy (non-hydrogen) atoms. The Morgan fingerprint density at radius 1 is 0.519 bits per heavy atom. The van der Waals surface area contributed by atoms with Gasteiger partial charge in [-0.1, -0.05) is 38.8 Å². The molecule has 6 aromatic rings. The Kier molecular flexibility index (Phi) is 11.5. The van der Waals surface area contributed by atoms with Gasteiger partial charge < -0.3 is 38.6 Å². The number of fused-ring (bicyclic) bond motifs is 9. The number of phenols is 2. The molecule has 0 spiro atoms. The largest absolute Gasteiger partial charge is 0.507 e. The minimum absolute atomic E-state index is 0.0468. The Morgan fingerprint density at radius 3 is 1.35 bits per heavy atom. The molecule has 2 N–H and O–H groups in total. The highest BCUT2D eigenvalue weighted by Crippen LogP contribution is 2.51. The molecular weight excluding hydrogens is 664 g/mol. The van der Waals surface area contributed by atoms with E-state index in [-0.39, 0.29) is 35.8 Å². The van der Waals surface area contributed by atoms with Crippen molar-refractivity contribution in [3.05, 3.63) is 59.7 Å². The summed E-state index contributed by atoms with van der Waals surface area (Å²) >= 11 is 0. The van der Waals surface area contributed by atoms with Gasteiger partial charge in [-0.15, -0.1) is 0 Å². The number of benzene rings is 6. The molecule has 6 rings (SSSR count). The van der Waals surface area contributed by atoms with Crippen LogP contribution in [0.4, 0.5) is 0 Å². The third kappa shape index (κ3) is 6.71. The van der Waals surface area contributed by atoms with Crippen molar-refractivity contribution in [2.45, 2.75) is 39.5 Å². The molecule has 0 aromatic heterocycles. The van der Waals surface area contributed by atoms with E-state index in [1.165, 1.54) is 26.4 Å². The van der Waals surface area contributed by atoms with Crippen LogP contribution in [0.25, 0.3) is 53.9 Å². The second-order valence-electron chi connectivity index (χ2n) is 12.6. The smallest absolute Gasteiger partial charge is 0.153 e. The van der Waals surface area contributed by atoms with Gasteiger partial charge in [0.25, 0.3) is 0 Å². The van der Waals surface area contributed by atoms with Crippen LogP contribution in [0.2, 0.25) is 0 Å². The van der Waals surface area contributed by atoms with Crippen molar-refractivity contribution in [3.63, 3.8) is 0 Å². The summed E-state index contributed by atoms with van der Waals surface area (Å²) in [6.45, 7) is 6.74. The number of hydrogen-bond acceptors (Lipinski definition) is 10. The Morgan fingerprint density at radius 2 is 0.962 bits per heavy atom. The van der Waals surface area contributed by atoms with Crippen LogP contribution in [-0.4, -0.2) is 76.6 Å². The van der Waals surface area contributed by atoms with E-state index in [0.717, 1.165) is 31.1 Å². The molecule has 0 amide bonds. The normalized spacial score (nSPS) is 11.5. The van der Waals surface area contributed by atoms with Gasteiger partial charge in [0.05, 0.1) is 38.6 Å². The van der Waals surface area contributed by atoms with Gasteiger partial charge in [-0.2, -0.15) is 0 Å². The highest BCUT2D eigenvalue weighted by molar-refractivity contribution is 6.36. The highest BCUT2D eigenvalue weighted by Gasteiger charge is 2.24. The molecule has 0 atom stereocenters. The zero-order valence-electron chi connectivity index (χ0n) is 30.0. The van der Waals surface area contributed by atoms with E-state index >= 15 is 0 Å². The number of aromatic hydroxyl groups is 2. The summed E-state index contributed by atoms with van der Waals surface area (Å²) < 4.78 is 35.8. The van der Waals surface area contributed by atoms with Crippen molar-refractivity contribution in [2.75, 3.05) is 53.9 Å². The first-order chi connectivity index (χ1) is 25.4. The van der Waals surface area contributed by atoms with Crippen molar-refractivity contribution < 1.29 is 48.2 Å². The lowest BCUT2D eigenvalue weighted by Gasteiger charge is -2.20. The van der Waals surface area contributed by atoms with E-state index in [2.05, 4.69) is 13.8 Å². The van der Waals surface area contributed by atoms with Crippen LogP contribution in [0, 0.1) is 0 Å². The maximum Gasteiger partial charge on any atom is 0.153 e. The van der Waals surface area contributed by atoms with Crippen LogP contribution in [0.15, 0.2) is 48.5 Å². The molecule has 6 aromatic carbocycles. The van der Waals surface area contributed by atoms with E-state index in [1.54, 1.807) is 12.1 Å². The van der Waals surface area contributed by atoms with Gasteiger partial charge in [0.15, 0.2) is 12.6 Å². The number of rotatable bonds is 18. The molecule has 0 unspecified atom stereocenters. The van der Waals surface area contributed by atoms with Gasteiger partial charge in [-0.05, 0) is 60.0 Å². The van der Waals surface area contributed by atoms with Gasteiger partial charge in [0.1, 0.15) is 47.7 Å². The van der Waals surface area contributed by atoms with E-state index in [9.17, 15) is 19.8 Å². The number of phenolic OH excluding ortho intramolecular Hbond substituents is 2. The van der Waals surface area contributed by atoms with Crippen LogP contribution in [-0.2, 0) is 9.47 Å². The molecule has 272 valence electrons. The number of carbonyl (C=O) groups excluding carboxylic acids is 2. The van der Waals surface area contributed by atoms with Crippen LogP contribution >= 0.6 is 0 Å². The van der Waals surface area contributed by atoms with Gasteiger partial charge in [-0.3, -0.25) is 9.59 Å². The third-order valence-electron chi connectivity index (χ3n) is 9.38. The molecule has 0 aliphatic carbocycles. The van der Waals surface area contributed by atoms with Crippen LogP contribution in [0.3, 0.4) is 0 Å². The molecule has 0 aliphatic rings. The summed E-state index contributed by atoms with van der Waals surface area (Å²) in [6, 6.07) is 14.3. The van der Waals surface area contributed by atoms with Crippen molar-refractivity contribution in [1.82, 2.24) is 0 Å². The molecule has 0 heterocycles. The molecule has 0 radical (unpaired) electrons. The number of ether oxygens (including phenoxy) is 6. The lowest BCUT2D eigenvalue weighted by molar-refractivity contribution is 0.0986. The lowest BCUT2D eigenvalue weighted by Crippen LogP contribution is -2.08. The van der Waals surface area contributed by atoms with Gasteiger partial charge >= 0.3 is 0 Å². The molecule has 0 aliphatic heterocycles. The summed E-state index contributed by atoms with van der Waals surface area (Å²) in [5.74, 6) is 1.28. The average molecular weight is 709 g/mol. The standard InChI is InChI=1S/C42H44O10/c1-5-7-13-49-15-17-51-34-21-30-32(47-3)19-26(23-43)41(45)39(30)37-28(34)11-9-25-10-12-29-35(52-18-16-50-14-8-6-2)22-31-33(48-4)20-27(24-44)42(46)40(31)38(29)36(25)37/h9-12,19-24,45-46H,5-8,13-18H2,1-4H3. The monoisotopic (exact) mass is 708 g/mol. The SMILES string of the molecule is CCCCOCCOc1cc2c(OC)cc(C=O)c(O)c2c2c1ccc1ccc3c(OCCOCCCC)cc4c(OC)cc(C=O)c(O)c4c3c12. The lowest BCUT2D eigenvalue weighted by atomic mass is 9.88. The Labute approximate surface area is 301 Å². The first-order valence-electron chi connectivity index (χ1n) is 17.7. The van der Waals surface area contributed by atoms with Gasteiger partial charge in [0, 0.05) is 56.3 Å². The molecule has 0 saturated heterocycles. The molecule has 10 heteroatoms. The minimum Gasteiger partial charge on any atom is -0.507 e. The predicted octanol–water partition coefficient (Wildman–Crippen LogP) is 8.90. The van der Waals surface area contributed by atoms with Crippen LogP contribution in [0.5, 0.6) is 34.5 Å². The van der Waals surface area contributed by atoms with E-state index in [0.29, 0.717) is 110 Å². The third-order valence-corrected chi connectivity index (χ3v) is 9.38. The summed E-state index contributed by atoms with van der Waals surface area (Å²) in [6.07, 6.45) is 5.11. The maximum atomic E-state index is 12.3. The fourth-order valence-electron chi connectivity index (χ4n) is 6.80. The van der Waals surface area contributed by atoms with Crippen molar-refractivity contribution >= 4 is 66.4 Å². The molecular formula is C42H44O10. The molecule has 0 fully saturated rings. The van der Waals surface area contributed by atoms with Crippen LogP contribution < -0.4 is 18.9 Å². The zero-order chi connectivity index (χ0) is 36.8. The Balaban J connectivity index is 1.75. The van der Waals surface area contributed by atoms with E-state index in [1.807, 2.05) is 24.3 Å². The Bertz CT molecular complexity index is 2120. The Hall–Kier alpha value is -5.32. The van der Waals surface area contributed by atoms with E-state index < -0.39 is 0 Å². The number of carbonyl (C=O) groups is 2. The second-order valence-corrected chi connectivity index (χ2v) is 12.6. The zero-order valence-corrected chi connectivity index (χ0v) is 30.0. The van der Waals surface area contributed by atoms with Crippen molar-refractivity contribution in [1.29, 1.82) is 0 Å². The topological polar surface area (TPSA) is 130 Å². The minimum atomic E-state index is -0.230. The fraction of sp³-hybridized carbons (Fsp3) is 0.333. The first kappa shape index (κ1) is 36.5. The van der Waals surface area contributed by atoms with Gasteiger partial charge in [0.2, 0.25) is 0 Å². The van der Waals surface area contributed by atoms with Crippen molar-refractivity contribution in [2.24, 2.45) is 0 Å². The van der Waals surface area contributed by atoms with E-state index in [4.69, 9.17) is 28.4 Å². The number of aldehydes is 2. The van der Waals surface area contributed by atoms with Gasteiger partial charge in [-0.25, -0.2) is 0 Å². The number of hydrogen-bond donors (Lipinski definition) is 2. The molecule has 10 nitrogen and oxygen atoms in total. The molecule has 0 bridgehead atoms. The quantitative estimate of drug-likeness (QED) is 0.0507. The fourth-order valence-corrected chi connectivity index (χ4v) is 6.80. The highest BCUT2D eigenvalue weighted by atomic mass is 16.5. The second kappa shape index (κ2) is 16.4.